The van der Waals surface area contributed by atoms with E-state index < -0.39 is 0 Å². The number of ether oxygens (including phenoxy) is 1. The number of fused-ring (bicyclic) bond motifs is 2. The minimum Gasteiger partial charge on any atom is -0.393 e. The topological polar surface area (TPSA) is 53.0 Å². The molecule has 3 aliphatic rings. The van der Waals surface area contributed by atoms with E-state index in [9.17, 15) is 9.90 Å². The van der Waals surface area contributed by atoms with Crippen LogP contribution in [0.25, 0.3) is 0 Å². The number of nitrogens with zero attached hydrogens (tertiary/aromatic N) is 2. The molecule has 3 fully saturated rings. The van der Waals surface area contributed by atoms with Gasteiger partial charge in [-0.25, -0.2) is 0 Å². The third-order valence-electron chi connectivity index (χ3n) is 4.95. The number of amides is 1. The van der Waals surface area contributed by atoms with Crippen molar-refractivity contribution in [3.63, 3.8) is 0 Å². The average molecular weight is 282 g/mol. The van der Waals surface area contributed by atoms with Crippen molar-refractivity contribution in [1.29, 1.82) is 0 Å². The summed E-state index contributed by atoms with van der Waals surface area (Å²) >= 11 is 0. The Labute approximate surface area is 120 Å². The molecule has 0 aromatic carbocycles. The Kier molecular flexibility index (Phi) is 4.02. The molecule has 114 valence electrons. The molecule has 3 heterocycles. The van der Waals surface area contributed by atoms with Gasteiger partial charge in [0.1, 0.15) is 0 Å². The average Bonchev–Trinajstić information content (AvgIpc) is 2.60. The lowest BCUT2D eigenvalue weighted by Crippen LogP contribution is -2.54. The minimum absolute atomic E-state index is 0.127. The van der Waals surface area contributed by atoms with Crippen LogP contribution >= 0.6 is 0 Å². The molecule has 0 saturated carbocycles. The third-order valence-corrected chi connectivity index (χ3v) is 4.95. The van der Waals surface area contributed by atoms with Crippen molar-refractivity contribution in [3.8, 4) is 0 Å². The van der Waals surface area contributed by atoms with Crippen LogP contribution < -0.4 is 0 Å². The van der Waals surface area contributed by atoms with E-state index in [4.69, 9.17) is 4.74 Å². The fourth-order valence-corrected chi connectivity index (χ4v) is 4.14. The predicted molar refractivity (Wildman–Crippen MR) is 75.3 cm³/mol. The zero-order valence-electron chi connectivity index (χ0n) is 12.5. The Morgan fingerprint density at radius 3 is 2.25 bits per heavy atom. The standard InChI is InChI=1S/C15H26N2O3/c1-10-7-16(8-11(2)20-10)15(19)9-17-12-3-4-13(17)6-14(18)5-12/h10-14,18H,3-9H2,1-2H3/t10-,11+,12-,13+,14?. The first-order valence-electron chi connectivity index (χ1n) is 7.90. The van der Waals surface area contributed by atoms with E-state index >= 15 is 0 Å². The smallest absolute Gasteiger partial charge is 0.236 e. The Balaban J connectivity index is 1.59. The van der Waals surface area contributed by atoms with Gasteiger partial charge in [0.05, 0.1) is 24.9 Å². The lowest BCUT2D eigenvalue weighted by atomic mass is 10.00. The van der Waals surface area contributed by atoms with Crippen molar-refractivity contribution in [1.82, 2.24) is 9.80 Å². The van der Waals surface area contributed by atoms with Crippen molar-refractivity contribution >= 4 is 5.91 Å². The molecule has 1 unspecified atom stereocenters. The zero-order chi connectivity index (χ0) is 14.3. The number of piperidine rings is 1. The second-order valence-electron chi connectivity index (χ2n) is 6.74. The van der Waals surface area contributed by atoms with E-state index in [1.165, 1.54) is 0 Å². The lowest BCUT2D eigenvalue weighted by molar-refractivity contribution is -0.145. The second-order valence-corrected chi connectivity index (χ2v) is 6.74. The number of aliphatic hydroxyl groups excluding tert-OH is 1. The van der Waals surface area contributed by atoms with E-state index in [1.54, 1.807) is 0 Å². The minimum atomic E-state index is -0.165. The molecular formula is C15H26N2O3. The first kappa shape index (κ1) is 14.3. The van der Waals surface area contributed by atoms with Gasteiger partial charge in [-0.05, 0) is 39.5 Å². The molecule has 0 spiro atoms. The van der Waals surface area contributed by atoms with Crippen molar-refractivity contribution < 1.29 is 14.6 Å². The van der Waals surface area contributed by atoms with E-state index in [1.807, 2.05) is 18.7 Å². The van der Waals surface area contributed by atoms with Gasteiger partial charge in [-0.2, -0.15) is 0 Å². The number of hydrogen-bond donors (Lipinski definition) is 1. The van der Waals surface area contributed by atoms with Crippen LogP contribution in [0.4, 0.5) is 0 Å². The van der Waals surface area contributed by atoms with Gasteiger partial charge in [-0.1, -0.05) is 0 Å². The van der Waals surface area contributed by atoms with Crippen molar-refractivity contribution in [3.05, 3.63) is 0 Å². The highest BCUT2D eigenvalue weighted by molar-refractivity contribution is 5.78. The van der Waals surface area contributed by atoms with Gasteiger partial charge in [-0.15, -0.1) is 0 Å². The van der Waals surface area contributed by atoms with Gasteiger partial charge < -0.3 is 14.7 Å². The number of aliphatic hydroxyl groups is 1. The van der Waals surface area contributed by atoms with Crippen LogP contribution in [0, 0.1) is 0 Å². The molecule has 5 atom stereocenters. The van der Waals surface area contributed by atoms with Gasteiger partial charge in [-0.3, -0.25) is 9.69 Å². The highest BCUT2D eigenvalue weighted by atomic mass is 16.5. The first-order valence-corrected chi connectivity index (χ1v) is 7.90. The van der Waals surface area contributed by atoms with E-state index in [0.717, 1.165) is 25.7 Å². The number of hydrogen-bond acceptors (Lipinski definition) is 4. The van der Waals surface area contributed by atoms with E-state index in [2.05, 4.69) is 4.90 Å². The molecule has 3 saturated heterocycles. The van der Waals surface area contributed by atoms with Crippen LogP contribution in [0.15, 0.2) is 0 Å². The zero-order valence-corrected chi connectivity index (χ0v) is 12.5. The third kappa shape index (κ3) is 2.85. The molecule has 0 radical (unpaired) electrons. The van der Waals surface area contributed by atoms with Crippen LogP contribution in [0.2, 0.25) is 0 Å². The molecule has 3 rings (SSSR count). The Morgan fingerprint density at radius 1 is 1.15 bits per heavy atom. The summed E-state index contributed by atoms with van der Waals surface area (Å²) in [6.45, 7) is 5.97. The summed E-state index contributed by atoms with van der Waals surface area (Å²) < 4.78 is 5.68. The van der Waals surface area contributed by atoms with Crippen LogP contribution in [-0.4, -0.2) is 70.8 Å². The molecule has 2 bridgehead atoms. The normalized spacial score (nSPS) is 42.0. The molecule has 5 heteroatoms. The number of carbonyl (C=O) groups excluding carboxylic acids is 1. The highest BCUT2D eigenvalue weighted by Crippen LogP contribution is 2.35. The van der Waals surface area contributed by atoms with Crippen LogP contribution in [-0.2, 0) is 9.53 Å². The summed E-state index contributed by atoms with van der Waals surface area (Å²) in [6.07, 6.45) is 4.02. The van der Waals surface area contributed by atoms with Gasteiger partial charge in [0.15, 0.2) is 0 Å². The lowest BCUT2D eigenvalue weighted by Gasteiger charge is -2.40. The Hall–Kier alpha value is -0.650. The van der Waals surface area contributed by atoms with Gasteiger partial charge in [0, 0.05) is 25.2 Å². The van der Waals surface area contributed by atoms with Gasteiger partial charge in [0.2, 0.25) is 5.91 Å². The summed E-state index contributed by atoms with van der Waals surface area (Å²) in [5.74, 6) is 0.222. The monoisotopic (exact) mass is 282 g/mol. The number of morpholine rings is 1. The summed E-state index contributed by atoms with van der Waals surface area (Å²) in [5.41, 5.74) is 0. The Morgan fingerprint density at radius 2 is 1.70 bits per heavy atom. The number of rotatable bonds is 2. The molecule has 0 aromatic heterocycles. The summed E-state index contributed by atoms with van der Waals surface area (Å²) in [6, 6.07) is 0.812. The van der Waals surface area contributed by atoms with Crippen LogP contribution in [0.5, 0.6) is 0 Å². The Bertz CT molecular complexity index is 352. The maximum absolute atomic E-state index is 12.5. The van der Waals surface area contributed by atoms with Crippen molar-refractivity contribution in [2.24, 2.45) is 0 Å². The molecule has 0 aliphatic carbocycles. The van der Waals surface area contributed by atoms with E-state index in [0.29, 0.717) is 31.7 Å². The molecule has 3 aliphatic heterocycles. The maximum atomic E-state index is 12.5. The number of carbonyl (C=O) groups is 1. The molecular weight excluding hydrogens is 256 g/mol. The van der Waals surface area contributed by atoms with Gasteiger partial charge in [0.25, 0.3) is 0 Å². The summed E-state index contributed by atoms with van der Waals surface area (Å²) in [4.78, 5) is 16.8. The summed E-state index contributed by atoms with van der Waals surface area (Å²) in [7, 11) is 0. The van der Waals surface area contributed by atoms with Crippen LogP contribution in [0.1, 0.15) is 39.5 Å². The van der Waals surface area contributed by atoms with Crippen molar-refractivity contribution in [2.75, 3.05) is 19.6 Å². The molecule has 5 nitrogen and oxygen atoms in total. The van der Waals surface area contributed by atoms with E-state index in [-0.39, 0.29) is 24.2 Å². The maximum Gasteiger partial charge on any atom is 0.236 e. The molecule has 1 amide bonds. The largest absolute Gasteiger partial charge is 0.393 e. The molecule has 0 aromatic rings. The first-order chi connectivity index (χ1) is 9.52. The fraction of sp³-hybridized carbons (Fsp3) is 0.933. The summed E-state index contributed by atoms with van der Waals surface area (Å²) in [5, 5.41) is 9.82. The predicted octanol–water partition coefficient (Wildman–Crippen LogP) is 0.610. The SMILES string of the molecule is C[C@@H]1CN(C(=O)CN2[C@@H]3CC[C@H]2CC(O)C3)C[C@H](C)O1. The molecule has 1 N–H and O–H groups in total. The quantitative estimate of drug-likeness (QED) is 0.806. The second kappa shape index (κ2) is 5.62. The fourth-order valence-electron chi connectivity index (χ4n) is 4.14. The highest BCUT2D eigenvalue weighted by Gasteiger charge is 2.41. The molecule has 20 heavy (non-hydrogen) atoms. The van der Waals surface area contributed by atoms with Crippen molar-refractivity contribution in [2.45, 2.75) is 69.9 Å². The van der Waals surface area contributed by atoms with Gasteiger partial charge >= 0.3 is 0 Å². The van der Waals surface area contributed by atoms with Crippen LogP contribution in [0.3, 0.4) is 0 Å².